The van der Waals surface area contributed by atoms with Crippen molar-refractivity contribution in [1.29, 1.82) is 0 Å². The molecule has 17 heavy (non-hydrogen) atoms. The van der Waals surface area contributed by atoms with E-state index in [1.807, 2.05) is 11.3 Å². The van der Waals surface area contributed by atoms with Crippen LogP contribution in [0.1, 0.15) is 56.6 Å². The van der Waals surface area contributed by atoms with Crippen molar-refractivity contribution in [2.45, 2.75) is 60.4 Å². The molecule has 0 atom stereocenters. The Morgan fingerprint density at radius 1 is 1.24 bits per heavy atom. The summed E-state index contributed by atoms with van der Waals surface area (Å²) < 4.78 is 0. The van der Waals surface area contributed by atoms with E-state index in [0.29, 0.717) is 5.41 Å². The Labute approximate surface area is 110 Å². The topological polar surface area (TPSA) is 24.9 Å². The Bertz CT molecular complexity index is 336. The first kappa shape index (κ1) is 14.7. The molecule has 0 aromatic carbocycles. The molecule has 0 amide bonds. The molecular formula is C14H26N2S. The van der Waals surface area contributed by atoms with Gasteiger partial charge < -0.3 is 5.32 Å². The van der Waals surface area contributed by atoms with E-state index in [1.165, 1.54) is 22.0 Å². The third-order valence-corrected chi connectivity index (χ3v) is 3.65. The monoisotopic (exact) mass is 254 g/mol. The Kier molecular flexibility index (Phi) is 5.60. The maximum absolute atomic E-state index is 4.77. The summed E-state index contributed by atoms with van der Waals surface area (Å²) in [5, 5.41) is 4.77. The van der Waals surface area contributed by atoms with Gasteiger partial charge in [-0.05, 0) is 24.8 Å². The minimum Gasteiger partial charge on any atom is -0.312 e. The average Bonchev–Trinajstić information content (AvgIpc) is 2.58. The smallest absolute Gasteiger partial charge is 0.0936 e. The number of hydrogen-bond donors (Lipinski definition) is 1. The van der Waals surface area contributed by atoms with E-state index in [4.69, 9.17) is 4.98 Å². The van der Waals surface area contributed by atoms with Crippen molar-refractivity contribution >= 4 is 11.3 Å². The van der Waals surface area contributed by atoms with Crippen LogP contribution in [0.5, 0.6) is 0 Å². The number of aromatic nitrogens is 1. The fourth-order valence-electron chi connectivity index (χ4n) is 1.76. The molecular weight excluding hydrogens is 228 g/mol. The van der Waals surface area contributed by atoms with Crippen LogP contribution in [0.4, 0.5) is 0 Å². The molecule has 0 bridgehead atoms. The number of nitrogens with one attached hydrogen (secondary N) is 1. The van der Waals surface area contributed by atoms with Crippen LogP contribution in [0.25, 0.3) is 0 Å². The van der Waals surface area contributed by atoms with Gasteiger partial charge in [-0.15, -0.1) is 11.3 Å². The van der Waals surface area contributed by atoms with E-state index in [-0.39, 0.29) is 0 Å². The van der Waals surface area contributed by atoms with Crippen LogP contribution >= 0.6 is 11.3 Å². The van der Waals surface area contributed by atoms with E-state index in [2.05, 4.69) is 39.9 Å². The first-order chi connectivity index (χ1) is 7.96. The highest BCUT2D eigenvalue weighted by atomic mass is 32.1. The lowest BCUT2D eigenvalue weighted by molar-refractivity contribution is 0.410. The molecule has 0 aliphatic heterocycles. The summed E-state index contributed by atoms with van der Waals surface area (Å²) in [4.78, 5) is 6.20. The van der Waals surface area contributed by atoms with Crippen LogP contribution in [0.2, 0.25) is 0 Å². The molecule has 98 valence electrons. The molecule has 1 aromatic heterocycles. The van der Waals surface area contributed by atoms with Crippen LogP contribution in [0.3, 0.4) is 0 Å². The number of rotatable bonds is 6. The number of nitrogens with zero attached hydrogens (tertiary/aromatic N) is 1. The summed E-state index contributed by atoms with van der Waals surface area (Å²) in [7, 11) is 0. The quantitative estimate of drug-likeness (QED) is 0.781. The van der Waals surface area contributed by atoms with Crippen LogP contribution in [0, 0.1) is 5.41 Å². The average molecular weight is 254 g/mol. The molecule has 0 fully saturated rings. The first-order valence-corrected chi connectivity index (χ1v) is 7.46. The molecule has 0 unspecified atom stereocenters. The minimum atomic E-state index is 0.330. The first-order valence-electron chi connectivity index (χ1n) is 6.64. The highest BCUT2D eigenvalue weighted by Gasteiger charge is 2.16. The molecule has 3 heteroatoms. The van der Waals surface area contributed by atoms with Gasteiger partial charge in [-0.2, -0.15) is 0 Å². The Morgan fingerprint density at radius 2 is 1.94 bits per heavy atom. The zero-order chi connectivity index (χ0) is 12.9. The molecule has 2 nitrogen and oxygen atoms in total. The van der Waals surface area contributed by atoms with Crippen molar-refractivity contribution in [1.82, 2.24) is 10.3 Å². The predicted molar refractivity (Wildman–Crippen MR) is 76.6 cm³/mol. The Morgan fingerprint density at radius 3 is 2.47 bits per heavy atom. The molecule has 1 N–H and O–H groups in total. The maximum Gasteiger partial charge on any atom is 0.0936 e. The zero-order valence-electron chi connectivity index (χ0n) is 11.9. The summed E-state index contributed by atoms with van der Waals surface area (Å²) in [5.74, 6) is 0. The molecule has 1 heterocycles. The molecule has 0 aliphatic rings. The third kappa shape index (κ3) is 5.17. The number of thiazole rings is 1. The second-order valence-electron chi connectivity index (χ2n) is 5.75. The van der Waals surface area contributed by atoms with Crippen molar-refractivity contribution in [3.63, 3.8) is 0 Å². The van der Waals surface area contributed by atoms with Crippen LogP contribution in [-0.2, 0) is 19.4 Å². The molecule has 0 saturated carbocycles. The van der Waals surface area contributed by atoms with Gasteiger partial charge in [0.2, 0.25) is 0 Å². The van der Waals surface area contributed by atoms with Gasteiger partial charge in [0.1, 0.15) is 0 Å². The van der Waals surface area contributed by atoms with Gasteiger partial charge >= 0.3 is 0 Å². The molecule has 0 saturated heterocycles. The second kappa shape index (κ2) is 6.50. The summed E-state index contributed by atoms with van der Waals surface area (Å²) in [6, 6.07) is 0. The van der Waals surface area contributed by atoms with Gasteiger partial charge in [0.05, 0.1) is 10.7 Å². The van der Waals surface area contributed by atoms with Crippen molar-refractivity contribution in [3.8, 4) is 0 Å². The van der Waals surface area contributed by atoms with E-state index in [1.54, 1.807) is 0 Å². The fourth-order valence-corrected chi connectivity index (χ4v) is 3.19. The van der Waals surface area contributed by atoms with E-state index < -0.39 is 0 Å². The Hall–Kier alpha value is -0.410. The summed E-state index contributed by atoms with van der Waals surface area (Å²) in [6.07, 6.45) is 3.32. The van der Waals surface area contributed by atoms with Crippen LogP contribution in [0.15, 0.2) is 0 Å². The summed E-state index contributed by atoms with van der Waals surface area (Å²) in [6.45, 7) is 13.3. The highest BCUT2D eigenvalue weighted by Crippen LogP contribution is 2.26. The largest absolute Gasteiger partial charge is 0.312 e. The van der Waals surface area contributed by atoms with Gasteiger partial charge in [-0.25, -0.2) is 4.98 Å². The van der Waals surface area contributed by atoms with Crippen molar-refractivity contribution in [3.05, 3.63) is 15.6 Å². The lowest BCUT2D eigenvalue weighted by Gasteiger charge is -2.15. The lowest BCUT2D eigenvalue weighted by Crippen LogP contribution is -2.13. The Balaban J connectivity index is 2.69. The standard InChI is InChI=1S/C14H26N2S/c1-6-8-15-10-12-11(7-2)16-13(17-12)9-14(3,4)5/h15H,6-10H2,1-5H3. The SMILES string of the molecule is CCCNCc1sc(CC(C)(C)C)nc1CC. The number of aryl methyl sites for hydroxylation is 1. The fraction of sp³-hybridized carbons (Fsp3) is 0.786. The van der Waals surface area contributed by atoms with Gasteiger partial charge in [0.15, 0.2) is 0 Å². The van der Waals surface area contributed by atoms with Gasteiger partial charge in [-0.1, -0.05) is 34.6 Å². The maximum atomic E-state index is 4.77. The van der Waals surface area contributed by atoms with Gasteiger partial charge in [0, 0.05) is 17.8 Å². The van der Waals surface area contributed by atoms with Crippen molar-refractivity contribution in [2.24, 2.45) is 5.41 Å². The van der Waals surface area contributed by atoms with Crippen LogP contribution < -0.4 is 5.32 Å². The highest BCUT2D eigenvalue weighted by molar-refractivity contribution is 7.11. The third-order valence-electron chi connectivity index (χ3n) is 2.55. The predicted octanol–water partition coefficient (Wildman–Crippen LogP) is 3.79. The van der Waals surface area contributed by atoms with Gasteiger partial charge in [0.25, 0.3) is 0 Å². The van der Waals surface area contributed by atoms with E-state index in [9.17, 15) is 0 Å². The second-order valence-corrected chi connectivity index (χ2v) is 6.91. The van der Waals surface area contributed by atoms with E-state index >= 15 is 0 Å². The molecule has 1 aromatic rings. The normalized spacial score (nSPS) is 12.1. The molecule has 0 radical (unpaired) electrons. The van der Waals surface area contributed by atoms with E-state index in [0.717, 1.165) is 25.9 Å². The molecule has 0 aliphatic carbocycles. The van der Waals surface area contributed by atoms with Crippen LogP contribution in [-0.4, -0.2) is 11.5 Å². The summed E-state index contributed by atoms with van der Waals surface area (Å²) in [5.41, 5.74) is 1.62. The molecule has 1 rings (SSSR count). The minimum absolute atomic E-state index is 0.330. The zero-order valence-corrected chi connectivity index (χ0v) is 12.7. The van der Waals surface area contributed by atoms with Crippen molar-refractivity contribution < 1.29 is 0 Å². The van der Waals surface area contributed by atoms with Crippen molar-refractivity contribution in [2.75, 3.05) is 6.54 Å². The number of hydrogen-bond acceptors (Lipinski definition) is 3. The lowest BCUT2D eigenvalue weighted by atomic mass is 9.93. The van der Waals surface area contributed by atoms with Gasteiger partial charge in [-0.3, -0.25) is 0 Å². The summed E-state index contributed by atoms with van der Waals surface area (Å²) >= 11 is 1.89. The molecule has 0 spiro atoms.